The minimum Gasteiger partial charge on any atom is -0.456 e. The van der Waals surface area contributed by atoms with Gasteiger partial charge >= 0.3 is 5.69 Å². The number of furan rings is 1. The van der Waals surface area contributed by atoms with Crippen molar-refractivity contribution in [3.63, 3.8) is 0 Å². The van der Waals surface area contributed by atoms with Crippen molar-refractivity contribution in [3.05, 3.63) is 69.5 Å². The summed E-state index contributed by atoms with van der Waals surface area (Å²) in [6, 6.07) is 6.98. The number of nitrogens with zero attached hydrogens (tertiary/aromatic N) is 4. The van der Waals surface area contributed by atoms with Gasteiger partial charge in [0.1, 0.15) is 11.5 Å². The van der Waals surface area contributed by atoms with Crippen molar-refractivity contribution < 1.29 is 13.7 Å². The second-order valence-corrected chi connectivity index (χ2v) is 7.61. The van der Waals surface area contributed by atoms with Crippen LogP contribution in [0.25, 0.3) is 11.2 Å². The fraction of sp³-hybridized carbons (Fsp3) is 0.333. The van der Waals surface area contributed by atoms with E-state index in [0.29, 0.717) is 48.6 Å². The number of aromatic nitrogens is 4. The first-order chi connectivity index (χ1) is 14.5. The van der Waals surface area contributed by atoms with E-state index in [9.17, 15) is 9.59 Å². The molecule has 154 valence electrons. The van der Waals surface area contributed by atoms with E-state index in [1.165, 1.54) is 0 Å². The molecule has 0 saturated carbocycles. The lowest BCUT2D eigenvalue weighted by Gasteiger charge is -2.15. The summed E-state index contributed by atoms with van der Waals surface area (Å²) < 4.78 is 12.6. The second-order valence-electron chi connectivity index (χ2n) is 7.61. The van der Waals surface area contributed by atoms with Gasteiger partial charge in [-0.05, 0) is 44.5 Å². The maximum absolute atomic E-state index is 13.0. The number of aromatic amines is 1. The molecule has 0 radical (unpaired) electrons. The highest BCUT2D eigenvalue weighted by atomic mass is 16.5. The van der Waals surface area contributed by atoms with Crippen molar-refractivity contribution in [1.82, 2.24) is 24.6 Å². The highest BCUT2D eigenvalue weighted by molar-refractivity contribution is 5.91. The van der Waals surface area contributed by atoms with Gasteiger partial charge in [0, 0.05) is 31.3 Å². The molecule has 0 aromatic carbocycles. The van der Waals surface area contributed by atoms with Gasteiger partial charge in [-0.25, -0.2) is 9.78 Å². The molecule has 0 aliphatic carbocycles. The van der Waals surface area contributed by atoms with Crippen LogP contribution in [0.15, 0.2) is 44.2 Å². The Bertz CT molecular complexity index is 1270. The number of carbonyl (C=O) groups is 1. The largest absolute Gasteiger partial charge is 0.456 e. The molecule has 5 heterocycles. The van der Waals surface area contributed by atoms with Gasteiger partial charge in [0.2, 0.25) is 0 Å². The molecule has 0 bridgehead atoms. The standard InChI is InChI=1S/C21H21N5O4/c1-12-16(13(2)30-24-12)10-15-5-6-18(29-15)20(27)25-9-7-14(11-25)26-19-17(23-21(26)28)4-3-8-22-19/h3-6,8,14H,7,9-11H2,1-2H3,(H,23,28)/t14-/m1/s1. The smallest absolute Gasteiger partial charge is 0.327 e. The van der Waals surface area contributed by atoms with E-state index in [4.69, 9.17) is 8.94 Å². The fourth-order valence-electron chi connectivity index (χ4n) is 4.11. The van der Waals surface area contributed by atoms with Crippen LogP contribution in [0.3, 0.4) is 0 Å². The molecule has 4 aromatic rings. The number of amides is 1. The number of likely N-dealkylation sites (tertiary alicyclic amines) is 1. The molecule has 1 aliphatic rings. The third kappa shape index (κ3) is 3.02. The number of rotatable bonds is 4. The van der Waals surface area contributed by atoms with Crippen LogP contribution in [0.1, 0.15) is 45.8 Å². The lowest BCUT2D eigenvalue weighted by atomic mass is 10.1. The third-order valence-electron chi connectivity index (χ3n) is 5.70. The zero-order chi connectivity index (χ0) is 20.8. The molecule has 1 N–H and O–H groups in total. The summed E-state index contributed by atoms with van der Waals surface area (Å²) in [5.74, 6) is 1.54. The fourth-order valence-corrected chi connectivity index (χ4v) is 4.11. The molecule has 1 atom stereocenters. The van der Waals surface area contributed by atoms with Gasteiger partial charge in [-0.1, -0.05) is 5.16 Å². The van der Waals surface area contributed by atoms with E-state index in [1.54, 1.807) is 33.9 Å². The minimum absolute atomic E-state index is 0.123. The van der Waals surface area contributed by atoms with Crippen LogP contribution in [0.5, 0.6) is 0 Å². The molecule has 1 fully saturated rings. The van der Waals surface area contributed by atoms with Crippen molar-refractivity contribution in [2.24, 2.45) is 0 Å². The maximum Gasteiger partial charge on any atom is 0.327 e. The van der Waals surface area contributed by atoms with E-state index in [1.807, 2.05) is 19.9 Å². The number of hydrogen-bond acceptors (Lipinski definition) is 6. The first-order valence-electron chi connectivity index (χ1n) is 9.86. The SMILES string of the molecule is Cc1noc(C)c1Cc1ccc(C(=O)N2CC[C@@H](n3c(=O)[nH]c4cccnc43)C2)o1. The molecular weight excluding hydrogens is 386 g/mol. The number of pyridine rings is 1. The first-order valence-corrected chi connectivity index (χ1v) is 9.86. The number of fused-ring (bicyclic) bond motifs is 1. The molecule has 5 rings (SSSR count). The van der Waals surface area contributed by atoms with Crippen molar-refractivity contribution in [1.29, 1.82) is 0 Å². The van der Waals surface area contributed by atoms with Crippen LogP contribution < -0.4 is 5.69 Å². The van der Waals surface area contributed by atoms with Crippen molar-refractivity contribution in [2.45, 2.75) is 32.7 Å². The summed E-state index contributed by atoms with van der Waals surface area (Å²) in [5, 5.41) is 3.95. The zero-order valence-electron chi connectivity index (χ0n) is 16.7. The van der Waals surface area contributed by atoms with E-state index >= 15 is 0 Å². The number of hydrogen-bond donors (Lipinski definition) is 1. The molecule has 30 heavy (non-hydrogen) atoms. The van der Waals surface area contributed by atoms with Crippen LogP contribution in [0, 0.1) is 13.8 Å². The van der Waals surface area contributed by atoms with Crippen LogP contribution >= 0.6 is 0 Å². The molecule has 9 nitrogen and oxygen atoms in total. The average molecular weight is 407 g/mol. The Morgan fingerprint density at radius 2 is 2.17 bits per heavy atom. The molecular formula is C21H21N5O4. The molecule has 4 aromatic heterocycles. The van der Waals surface area contributed by atoms with E-state index in [0.717, 1.165) is 17.0 Å². The van der Waals surface area contributed by atoms with Crippen molar-refractivity contribution in [3.8, 4) is 0 Å². The zero-order valence-corrected chi connectivity index (χ0v) is 16.7. The Morgan fingerprint density at radius 3 is 2.97 bits per heavy atom. The summed E-state index contributed by atoms with van der Waals surface area (Å²) in [5.41, 5.74) is 2.89. The van der Waals surface area contributed by atoms with Crippen LogP contribution in [-0.4, -0.2) is 43.6 Å². The summed E-state index contributed by atoms with van der Waals surface area (Å²) >= 11 is 0. The lowest BCUT2D eigenvalue weighted by molar-refractivity contribution is 0.0754. The molecule has 9 heteroatoms. The first kappa shape index (κ1) is 18.4. The summed E-state index contributed by atoms with van der Waals surface area (Å²) in [7, 11) is 0. The van der Waals surface area contributed by atoms with Gasteiger partial charge in [-0.15, -0.1) is 0 Å². The number of H-pyrrole nitrogens is 1. The van der Waals surface area contributed by atoms with Crippen LogP contribution in [0.4, 0.5) is 0 Å². The van der Waals surface area contributed by atoms with Gasteiger partial charge in [0.15, 0.2) is 11.4 Å². The Kier molecular flexibility index (Phi) is 4.30. The summed E-state index contributed by atoms with van der Waals surface area (Å²) in [4.78, 5) is 34.2. The van der Waals surface area contributed by atoms with Crippen molar-refractivity contribution >= 4 is 17.1 Å². The van der Waals surface area contributed by atoms with Crippen LogP contribution in [-0.2, 0) is 6.42 Å². The molecule has 0 spiro atoms. The number of carbonyl (C=O) groups excluding carboxylic acids is 1. The van der Waals surface area contributed by atoms with Gasteiger partial charge < -0.3 is 18.8 Å². The van der Waals surface area contributed by atoms with Crippen molar-refractivity contribution in [2.75, 3.05) is 13.1 Å². The summed E-state index contributed by atoms with van der Waals surface area (Å²) in [6.45, 7) is 4.72. The highest BCUT2D eigenvalue weighted by Crippen LogP contribution is 2.26. The Hall–Kier alpha value is -3.62. The van der Waals surface area contributed by atoms with Crippen LogP contribution in [0.2, 0.25) is 0 Å². The maximum atomic E-state index is 13.0. The Morgan fingerprint density at radius 1 is 1.30 bits per heavy atom. The summed E-state index contributed by atoms with van der Waals surface area (Å²) in [6.07, 6.45) is 2.86. The van der Waals surface area contributed by atoms with E-state index in [-0.39, 0.29) is 17.6 Å². The number of aryl methyl sites for hydroxylation is 2. The third-order valence-corrected chi connectivity index (χ3v) is 5.70. The Balaban J connectivity index is 1.33. The average Bonchev–Trinajstić information content (AvgIpc) is 3.50. The second kappa shape index (κ2) is 7.01. The molecule has 1 saturated heterocycles. The van der Waals surface area contributed by atoms with E-state index < -0.39 is 0 Å². The number of nitrogens with one attached hydrogen (secondary N) is 1. The monoisotopic (exact) mass is 407 g/mol. The molecule has 1 aliphatic heterocycles. The minimum atomic E-state index is -0.206. The van der Waals surface area contributed by atoms with Gasteiger partial charge in [-0.3, -0.25) is 9.36 Å². The molecule has 1 amide bonds. The topological polar surface area (TPSA) is 110 Å². The van der Waals surface area contributed by atoms with Gasteiger partial charge in [0.25, 0.3) is 5.91 Å². The van der Waals surface area contributed by atoms with E-state index in [2.05, 4.69) is 15.1 Å². The highest BCUT2D eigenvalue weighted by Gasteiger charge is 2.31. The Labute approximate surface area is 171 Å². The normalized spacial score (nSPS) is 16.6. The predicted octanol–water partition coefficient (Wildman–Crippen LogP) is 2.60. The van der Waals surface area contributed by atoms with Gasteiger partial charge in [0.05, 0.1) is 17.3 Å². The number of imidazole rings is 1. The van der Waals surface area contributed by atoms with Gasteiger partial charge in [-0.2, -0.15) is 0 Å². The predicted molar refractivity (Wildman–Crippen MR) is 107 cm³/mol. The quantitative estimate of drug-likeness (QED) is 0.557. The lowest BCUT2D eigenvalue weighted by Crippen LogP contribution is -2.30. The molecule has 0 unspecified atom stereocenters.